The third-order valence-corrected chi connectivity index (χ3v) is 3.03. The van der Waals surface area contributed by atoms with Gasteiger partial charge < -0.3 is 11.1 Å². The maximum absolute atomic E-state index is 5.83. The molecular formula is C13H20N4. The van der Waals surface area contributed by atoms with Crippen LogP contribution in [0.2, 0.25) is 0 Å². The van der Waals surface area contributed by atoms with Crippen molar-refractivity contribution in [1.29, 1.82) is 0 Å². The molecule has 0 aliphatic heterocycles. The predicted octanol–water partition coefficient (Wildman–Crippen LogP) is 1.66. The van der Waals surface area contributed by atoms with Crippen LogP contribution in [0.1, 0.15) is 36.2 Å². The van der Waals surface area contributed by atoms with Crippen LogP contribution in [0.15, 0.2) is 17.1 Å². The summed E-state index contributed by atoms with van der Waals surface area (Å²) in [6.07, 6.45) is 3.72. The molecule has 1 fully saturated rings. The summed E-state index contributed by atoms with van der Waals surface area (Å²) in [7, 11) is 0. The summed E-state index contributed by atoms with van der Waals surface area (Å²) in [4.78, 5) is 8.69. The van der Waals surface area contributed by atoms with E-state index in [1.54, 1.807) is 0 Å². The number of rotatable bonds is 3. The number of hydrogen-bond acceptors (Lipinski definition) is 2. The van der Waals surface area contributed by atoms with E-state index < -0.39 is 0 Å². The molecule has 1 aliphatic rings. The fraction of sp³-hybridized carbons (Fsp3) is 0.538. The monoisotopic (exact) mass is 232 g/mol. The Hall–Kier alpha value is -1.58. The van der Waals surface area contributed by atoms with Crippen molar-refractivity contribution >= 4 is 5.96 Å². The van der Waals surface area contributed by atoms with Crippen LogP contribution in [-0.4, -0.2) is 17.0 Å². The summed E-state index contributed by atoms with van der Waals surface area (Å²) >= 11 is 0. The van der Waals surface area contributed by atoms with Gasteiger partial charge >= 0.3 is 0 Å². The molecule has 4 nitrogen and oxygen atoms in total. The van der Waals surface area contributed by atoms with Crippen LogP contribution in [0.5, 0.6) is 0 Å². The van der Waals surface area contributed by atoms with E-state index in [0.717, 1.165) is 17.0 Å². The minimum absolute atomic E-state index is 0.541. The molecule has 0 radical (unpaired) electrons. The van der Waals surface area contributed by atoms with Gasteiger partial charge in [-0.2, -0.15) is 0 Å². The zero-order valence-corrected chi connectivity index (χ0v) is 10.5. The van der Waals surface area contributed by atoms with Gasteiger partial charge in [-0.05, 0) is 50.8 Å². The third kappa shape index (κ3) is 3.44. The standard InChI is InChI=1S/C13H20N4/c1-9-6-11(7-10(2)16-9)8-15-13(14)17-12-4-3-5-12/h6-7,12H,3-5,8H2,1-2H3,(H3,14,15,17). The minimum Gasteiger partial charge on any atom is -0.370 e. The van der Waals surface area contributed by atoms with Gasteiger partial charge in [0.25, 0.3) is 0 Å². The average Bonchev–Trinajstić information content (AvgIpc) is 2.19. The Kier molecular flexibility index (Phi) is 3.61. The predicted molar refractivity (Wildman–Crippen MR) is 69.8 cm³/mol. The number of aliphatic imine (C=N–C) groups is 1. The summed E-state index contributed by atoms with van der Waals surface area (Å²) in [5.74, 6) is 0.557. The Morgan fingerprint density at radius 2 is 2.06 bits per heavy atom. The molecule has 0 atom stereocenters. The lowest BCUT2D eigenvalue weighted by atomic mass is 9.93. The second kappa shape index (κ2) is 5.17. The molecule has 1 saturated carbocycles. The smallest absolute Gasteiger partial charge is 0.189 e. The van der Waals surface area contributed by atoms with E-state index in [9.17, 15) is 0 Å². The van der Waals surface area contributed by atoms with Gasteiger partial charge in [-0.25, -0.2) is 4.99 Å². The normalized spacial score (nSPS) is 16.7. The van der Waals surface area contributed by atoms with Gasteiger partial charge in [-0.1, -0.05) is 0 Å². The molecule has 1 heterocycles. The summed E-state index contributed by atoms with van der Waals surface area (Å²) in [6, 6.07) is 4.64. The molecule has 1 aromatic heterocycles. The number of pyridine rings is 1. The summed E-state index contributed by atoms with van der Waals surface area (Å²) < 4.78 is 0. The highest BCUT2D eigenvalue weighted by molar-refractivity contribution is 5.78. The number of nitrogens with two attached hydrogens (primary N) is 1. The number of nitrogens with one attached hydrogen (secondary N) is 1. The number of aromatic nitrogens is 1. The number of nitrogens with zero attached hydrogens (tertiary/aromatic N) is 2. The first-order valence-electron chi connectivity index (χ1n) is 6.14. The lowest BCUT2D eigenvalue weighted by molar-refractivity contribution is 0.382. The summed E-state index contributed by atoms with van der Waals surface area (Å²) in [5.41, 5.74) is 9.05. The van der Waals surface area contributed by atoms with Crippen molar-refractivity contribution in [2.45, 2.75) is 45.7 Å². The minimum atomic E-state index is 0.541. The number of hydrogen-bond donors (Lipinski definition) is 2. The van der Waals surface area contributed by atoms with Gasteiger partial charge in [0.1, 0.15) is 0 Å². The zero-order chi connectivity index (χ0) is 12.3. The molecule has 0 amide bonds. The van der Waals surface area contributed by atoms with Crippen LogP contribution in [0, 0.1) is 13.8 Å². The highest BCUT2D eigenvalue weighted by atomic mass is 15.1. The summed E-state index contributed by atoms with van der Waals surface area (Å²) in [6.45, 7) is 4.61. The molecule has 92 valence electrons. The van der Waals surface area contributed by atoms with Crippen LogP contribution >= 0.6 is 0 Å². The molecule has 4 heteroatoms. The van der Waals surface area contributed by atoms with Gasteiger partial charge in [0.15, 0.2) is 5.96 Å². The maximum atomic E-state index is 5.83. The molecular weight excluding hydrogens is 212 g/mol. The van der Waals surface area contributed by atoms with Gasteiger partial charge in [-0.15, -0.1) is 0 Å². The van der Waals surface area contributed by atoms with Crippen molar-refractivity contribution in [3.8, 4) is 0 Å². The van der Waals surface area contributed by atoms with Crippen LogP contribution in [0.25, 0.3) is 0 Å². The van der Waals surface area contributed by atoms with Crippen LogP contribution in [0.4, 0.5) is 0 Å². The highest BCUT2D eigenvalue weighted by Crippen LogP contribution is 2.17. The lowest BCUT2D eigenvalue weighted by Gasteiger charge is -2.26. The Balaban J connectivity index is 1.92. The Morgan fingerprint density at radius 3 is 2.59 bits per heavy atom. The molecule has 1 aliphatic carbocycles. The molecule has 3 N–H and O–H groups in total. The second-order valence-corrected chi connectivity index (χ2v) is 4.73. The molecule has 2 rings (SSSR count). The van der Waals surface area contributed by atoms with Crippen molar-refractivity contribution in [2.75, 3.05) is 0 Å². The Labute approximate surface area is 102 Å². The molecule has 0 saturated heterocycles. The Bertz CT molecular complexity index is 401. The van der Waals surface area contributed by atoms with E-state index in [2.05, 4.69) is 15.3 Å². The number of aryl methyl sites for hydroxylation is 2. The van der Waals surface area contributed by atoms with E-state index in [4.69, 9.17) is 5.73 Å². The molecule has 0 bridgehead atoms. The SMILES string of the molecule is Cc1cc(CN=C(N)NC2CCC2)cc(C)n1. The number of guanidine groups is 1. The van der Waals surface area contributed by atoms with Crippen molar-refractivity contribution in [1.82, 2.24) is 10.3 Å². The van der Waals surface area contributed by atoms with Crippen LogP contribution in [-0.2, 0) is 6.54 Å². The average molecular weight is 232 g/mol. The van der Waals surface area contributed by atoms with Gasteiger partial charge in [-0.3, -0.25) is 4.98 Å². The van der Waals surface area contributed by atoms with Crippen molar-refractivity contribution in [2.24, 2.45) is 10.7 Å². The van der Waals surface area contributed by atoms with E-state index in [0.29, 0.717) is 18.5 Å². The quantitative estimate of drug-likeness (QED) is 0.615. The molecule has 0 unspecified atom stereocenters. The fourth-order valence-corrected chi connectivity index (χ4v) is 2.00. The van der Waals surface area contributed by atoms with Crippen LogP contribution in [0.3, 0.4) is 0 Å². The molecule has 17 heavy (non-hydrogen) atoms. The van der Waals surface area contributed by atoms with E-state index in [1.165, 1.54) is 19.3 Å². The first-order valence-corrected chi connectivity index (χ1v) is 6.14. The van der Waals surface area contributed by atoms with Crippen LogP contribution < -0.4 is 11.1 Å². The largest absolute Gasteiger partial charge is 0.370 e. The Morgan fingerprint density at radius 1 is 1.41 bits per heavy atom. The second-order valence-electron chi connectivity index (χ2n) is 4.73. The highest BCUT2D eigenvalue weighted by Gasteiger charge is 2.17. The van der Waals surface area contributed by atoms with Gasteiger partial charge in [0.2, 0.25) is 0 Å². The fourth-order valence-electron chi connectivity index (χ4n) is 2.00. The third-order valence-electron chi connectivity index (χ3n) is 3.03. The van der Waals surface area contributed by atoms with Crippen molar-refractivity contribution in [3.63, 3.8) is 0 Å². The molecule has 0 aromatic carbocycles. The zero-order valence-electron chi connectivity index (χ0n) is 10.5. The first-order chi connectivity index (χ1) is 8.13. The van der Waals surface area contributed by atoms with Gasteiger partial charge in [0.05, 0.1) is 6.54 Å². The van der Waals surface area contributed by atoms with Crippen molar-refractivity contribution in [3.05, 3.63) is 29.1 Å². The lowest BCUT2D eigenvalue weighted by Crippen LogP contribution is -2.43. The summed E-state index contributed by atoms with van der Waals surface area (Å²) in [5, 5.41) is 3.23. The van der Waals surface area contributed by atoms with Gasteiger partial charge in [0, 0.05) is 17.4 Å². The molecule has 1 aromatic rings. The first kappa shape index (κ1) is 11.9. The topological polar surface area (TPSA) is 63.3 Å². The van der Waals surface area contributed by atoms with E-state index >= 15 is 0 Å². The van der Waals surface area contributed by atoms with E-state index in [1.807, 2.05) is 26.0 Å². The van der Waals surface area contributed by atoms with E-state index in [-0.39, 0.29) is 0 Å². The maximum Gasteiger partial charge on any atom is 0.189 e. The van der Waals surface area contributed by atoms with Crippen molar-refractivity contribution < 1.29 is 0 Å². The molecule has 0 spiro atoms.